The van der Waals surface area contributed by atoms with Gasteiger partial charge in [-0.2, -0.15) is 0 Å². The quantitative estimate of drug-likeness (QED) is 0.391. The maximum atomic E-state index is 13.0. The molecule has 3 heterocycles. The third kappa shape index (κ3) is 3.14. The standard InChI is InChI=1S/C17H18N2O2S2/c1-10(2)9-22-17-18-15-14(11(3)12(4)23-15)16(20)19(17)8-13-6-5-7-21-13/h5-7H,1,8-9H2,2-4H3. The average Bonchev–Trinajstić information content (AvgIpc) is 3.09. The number of rotatable bonds is 5. The average molecular weight is 346 g/mol. The summed E-state index contributed by atoms with van der Waals surface area (Å²) >= 11 is 3.11. The zero-order valence-corrected chi connectivity index (χ0v) is 15.0. The lowest BCUT2D eigenvalue weighted by molar-refractivity contribution is 0.477. The lowest BCUT2D eigenvalue weighted by Crippen LogP contribution is -2.23. The van der Waals surface area contributed by atoms with Gasteiger partial charge in [0.15, 0.2) is 5.16 Å². The molecule has 0 radical (unpaired) electrons. The number of furan rings is 1. The number of fused-ring (bicyclic) bond motifs is 1. The van der Waals surface area contributed by atoms with Crippen molar-refractivity contribution in [3.8, 4) is 0 Å². The molecule has 0 aliphatic carbocycles. The first-order chi connectivity index (χ1) is 11.0. The molecule has 0 bridgehead atoms. The number of thioether (sulfide) groups is 1. The number of nitrogens with zero attached hydrogens (tertiary/aromatic N) is 2. The molecule has 3 aromatic rings. The molecular weight excluding hydrogens is 328 g/mol. The van der Waals surface area contributed by atoms with Crippen molar-refractivity contribution < 1.29 is 4.42 Å². The highest BCUT2D eigenvalue weighted by Gasteiger charge is 2.17. The van der Waals surface area contributed by atoms with Gasteiger partial charge in [-0.05, 0) is 38.5 Å². The van der Waals surface area contributed by atoms with E-state index in [1.54, 1.807) is 22.2 Å². The summed E-state index contributed by atoms with van der Waals surface area (Å²) in [5.74, 6) is 1.48. The van der Waals surface area contributed by atoms with E-state index in [4.69, 9.17) is 9.40 Å². The van der Waals surface area contributed by atoms with E-state index in [9.17, 15) is 4.79 Å². The second-order valence-electron chi connectivity index (χ2n) is 5.57. The highest BCUT2D eigenvalue weighted by molar-refractivity contribution is 7.99. The molecule has 0 amide bonds. The second-order valence-corrected chi connectivity index (χ2v) is 7.72. The summed E-state index contributed by atoms with van der Waals surface area (Å²) in [5.41, 5.74) is 2.07. The minimum absolute atomic E-state index is 0.00235. The predicted molar refractivity (Wildman–Crippen MR) is 96.7 cm³/mol. The molecule has 3 aromatic heterocycles. The van der Waals surface area contributed by atoms with E-state index in [-0.39, 0.29) is 5.56 Å². The number of hydrogen-bond acceptors (Lipinski definition) is 5. The van der Waals surface area contributed by atoms with Crippen LogP contribution in [0.1, 0.15) is 23.1 Å². The van der Waals surface area contributed by atoms with E-state index in [1.165, 1.54) is 11.8 Å². The third-order valence-electron chi connectivity index (χ3n) is 3.60. The minimum atomic E-state index is -0.00235. The molecule has 0 aliphatic heterocycles. The predicted octanol–water partition coefficient (Wildman–Crippen LogP) is 4.38. The summed E-state index contributed by atoms with van der Waals surface area (Å²) in [7, 11) is 0. The fourth-order valence-electron chi connectivity index (χ4n) is 2.30. The zero-order valence-electron chi connectivity index (χ0n) is 13.4. The van der Waals surface area contributed by atoms with Gasteiger partial charge in [-0.25, -0.2) is 4.98 Å². The van der Waals surface area contributed by atoms with E-state index >= 15 is 0 Å². The molecule has 0 aromatic carbocycles. The van der Waals surface area contributed by atoms with Gasteiger partial charge >= 0.3 is 0 Å². The molecule has 4 nitrogen and oxygen atoms in total. The maximum absolute atomic E-state index is 13.0. The van der Waals surface area contributed by atoms with Gasteiger partial charge in [0.2, 0.25) is 0 Å². The molecular formula is C17H18N2O2S2. The highest BCUT2D eigenvalue weighted by Crippen LogP contribution is 2.29. The molecule has 0 fully saturated rings. The molecule has 120 valence electrons. The van der Waals surface area contributed by atoms with E-state index in [0.29, 0.717) is 11.7 Å². The lowest BCUT2D eigenvalue weighted by Gasteiger charge is -2.11. The SMILES string of the molecule is C=C(C)CSc1nc2sc(C)c(C)c2c(=O)n1Cc1ccco1. The van der Waals surface area contributed by atoms with Crippen molar-refractivity contribution in [2.45, 2.75) is 32.5 Å². The molecule has 6 heteroatoms. The fraction of sp³-hybridized carbons (Fsp3) is 0.294. The maximum Gasteiger partial charge on any atom is 0.263 e. The largest absolute Gasteiger partial charge is 0.467 e. The summed E-state index contributed by atoms with van der Waals surface area (Å²) in [4.78, 5) is 19.7. The van der Waals surface area contributed by atoms with Crippen LogP contribution in [0, 0.1) is 13.8 Å². The molecule has 0 spiro atoms. The van der Waals surface area contributed by atoms with Gasteiger partial charge < -0.3 is 4.42 Å². The number of hydrogen-bond donors (Lipinski definition) is 0. The molecule has 0 aliphatic rings. The van der Waals surface area contributed by atoms with Crippen LogP contribution in [0.2, 0.25) is 0 Å². The summed E-state index contributed by atoms with van der Waals surface area (Å²) in [6, 6.07) is 3.70. The molecule has 23 heavy (non-hydrogen) atoms. The summed E-state index contributed by atoms with van der Waals surface area (Å²) in [6.07, 6.45) is 1.62. The molecule has 0 N–H and O–H groups in total. The van der Waals surface area contributed by atoms with E-state index in [0.717, 1.165) is 37.7 Å². The Morgan fingerprint density at radius 2 is 2.26 bits per heavy atom. The van der Waals surface area contributed by atoms with Crippen molar-refractivity contribution in [3.63, 3.8) is 0 Å². The van der Waals surface area contributed by atoms with Crippen LogP contribution in [0.15, 0.2) is 44.9 Å². The Morgan fingerprint density at radius 1 is 1.48 bits per heavy atom. The monoisotopic (exact) mass is 346 g/mol. The van der Waals surface area contributed by atoms with Crippen molar-refractivity contribution in [1.29, 1.82) is 0 Å². The number of aromatic nitrogens is 2. The molecule has 0 atom stereocenters. The fourth-order valence-corrected chi connectivity index (χ4v) is 4.22. The van der Waals surface area contributed by atoms with Gasteiger partial charge in [0, 0.05) is 10.6 Å². The van der Waals surface area contributed by atoms with Gasteiger partial charge in [-0.3, -0.25) is 9.36 Å². The van der Waals surface area contributed by atoms with Crippen molar-refractivity contribution in [2.75, 3.05) is 5.75 Å². The van der Waals surface area contributed by atoms with E-state index in [2.05, 4.69) is 6.58 Å². The van der Waals surface area contributed by atoms with Crippen molar-refractivity contribution in [2.24, 2.45) is 0 Å². The van der Waals surface area contributed by atoms with Crippen LogP contribution in [0.3, 0.4) is 0 Å². The molecule has 3 rings (SSSR count). The van der Waals surface area contributed by atoms with Crippen LogP contribution < -0.4 is 5.56 Å². The number of thiophene rings is 1. The van der Waals surface area contributed by atoms with Crippen molar-refractivity contribution in [3.05, 3.63) is 57.1 Å². The summed E-state index contributed by atoms with van der Waals surface area (Å²) in [6.45, 7) is 10.3. The lowest BCUT2D eigenvalue weighted by atomic mass is 10.2. The second kappa shape index (κ2) is 6.37. The Balaban J connectivity index is 2.17. The van der Waals surface area contributed by atoms with Crippen LogP contribution in [-0.4, -0.2) is 15.3 Å². The Labute approximate surface area is 142 Å². The summed E-state index contributed by atoms with van der Waals surface area (Å²) in [5, 5.41) is 1.43. The first-order valence-electron chi connectivity index (χ1n) is 7.27. The van der Waals surface area contributed by atoms with Gasteiger partial charge in [0.25, 0.3) is 5.56 Å². The van der Waals surface area contributed by atoms with Crippen LogP contribution >= 0.6 is 23.1 Å². The van der Waals surface area contributed by atoms with Gasteiger partial charge in [-0.15, -0.1) is 11.3 Å². The van der Waals surface area contributed by atoms with Crippen LogP contribution in [0.4, 0.5) is 0 Å². The minimum Gasteiger partial charge on any atom is -0.467 e. The first-order valence-corrected chi connectivity index (χ1v) is 9.07. The van der Waals surface area contributed by atoms with Crippen molar-refractivity contribution >= 4 is 33.3 Å². The topological polar surface area (TPSA) is 48.0 Å². The molecule has 0 saturated carbocycles. The van der Waals surface area contributed by atoms with Gasteiger partial charge in [0.05, 0.1) is 18.2 Å². The smallest absolute Gasteiger partial charge is 0.263 e. The number of aryl methyl sites for hydroxylation is 2. The Bertz CT molecular complexity index is 920. The van der Waals surface area contributed by atoms with E-state index < -0.39 is 0 Å². The van der Waals surface area contributed by atoms with Crippen molar-refractivity contribution in [1.82, 2.24) is 9.55 Å². The zero-order chi connectivity index (χ0) is 16.6. The normalized spacial score (nSPS) is 11.3. The Kier molecular flexibility index (Phi) is 4.46. The first kappa shape index (κ1) is 16.1. The Morgan fingerprint density at radius 3 is 2.91 bits per heavy atom. The van der Waals surface area contributed by atoms with Crippen LogP contribution in [0.25, 0.3) is 10.2 Å². The van der Waals surface area contributed by atoms with Crippen LogP contribution in [-0.2, 0) is 6.54 Å². The Hall–Kier alpha value is -1.79. The molecule has 0 unspecified atom stereocenters. The van der Waals surface area contributed by atoms with Gasteiger partial charge in [-0.1, -0.05) is 23.9 Å². The van der Waals surface area contributed by atoms with Gasteiger partial charge in [0.1, 0.15) is 10.6 Å². The summed E-state index contributed by atoms with van der Waals surface area (Å²) < 4.78 is 7.11. The van der Waals surface area contributed by atoms with Crippen LogP contribution in [0.5, 0.6) is 0 Å². The molecule has 0 saturated heterocycles. The third-order valence-corrected chi connectivity index (χ3v) is 5.90. The highest BCUT2D eigenvalue weighted by atomic mass is 32.2. The van der Waals surface area contributed by atoms with E-state index in [1.807, 2.05) is 32.9 Å².